The van der Waals surface area contributed by atoms with Crippen molar-refractivity contribution < 1.29 is 26.2 Å². The Morgan fingerprint density at radius 2 is 1.19 bits per heavy atom. The second kappa shape index (κ2) is 13.7. The van der Waals surface area contributed by atoms with E-state index in [-0.39, 0.29) is 43.1 Å². The van der Waals surface area contributed by atoms with Crippen molar-refractivity contribution in [2.45, 2.75) is 85.5 Å². The van der Waals surface area contributed by atoms with Crippen LogP contribution in [0.5, 0.6) is 5.75 Å². The maximum absolute atomic E-state index is 11.3. The predicted molar refractivity (Wildman–Crippen MR) is 219 cm³/mol. The monoisotopic (exact) mass is 879 g/mol. The standard InChI is InChI=1S/C48H50N3O.Pt/c1-29-21-22-49-42-38(29)27-35(48(8,9)10)28-39(42)32-23-31(24-34(25-32)47(5,6)7)36-18-19-37(30-15-13-12-14-16-30)44-43(36)50-45(51(44)11)40-26-33(46(2,3)4)17-20-41(40)52;/h12-22,24-28,52H,1-11H3;/q-1;. The summed E-state index contributed by atoms with van der Waals surface area (Å²) in [5.74, 6) is 0.935. The molecule has 5 aromatic carbocycles. The van der Waals surface area contributed by atoms with Crippen LogP contribution in [0.2, 0.25) is 0 Å². The molecule has 0 unspecified atom stereocenters. The van der Waals surface area contributed by atoms with Crippen molar-refractivity contribution in [2.24, 2.45) is 7.05 Å². The molecule has 0 aliphatic carbocycles. The van der Waals surface area contributed by atoms with E-state index < -0.39 is 0 Å². The van der Waals surface area contributed by atoms with Crippen LogP contribution in [0.25, 0.3) is 66.7 Å². The molecule has 0 amide bonds. The van der Waals surface area contributed by atoms with Gasteiger partial charge in [-0.05, 0) is 69.0 Å². The summed E-state index contributed by atoms with van der Waals surface area (Å²) in [4.78, 5) is 10.4. The Morgan fingerprint density at radius 3 is 1.83 bits per heavy atom. The molecule has 0 aliphatic rings. The summed E-state index contributed by atoms with van der Waals surface area (Å²) in [5.41, 5.74) is 14.4. The number of rotatable bonds is 4. The van der Waals surface area contributed by atoms with Crippen LogP contribution in [-0.4, -0.2) is 19.6 Å². The van der Waals surface area contributed by atoms with Gasteiger partial charge < -0.3 is 9.67 Å². The third kappa shape index (κ3) is 7.11. The van der Waals surface area contributed by atoms with Crippen LogP contribution in [0.1, 0.15) is 84.6 Å². The summed E-state index contributed by atoms with van der Waals surface area (Å²) in [6.07, 6.45) is 1.91. The van der Waals surface area contributed by atoms with Gasteiger partial charge in [-0.1, -0.05) is 134 Å². The van der Waals surface area contributed by atoms with E-state index in [1.54, 1.807) is 6.07 Å². The number of aromatic nitrogens is 3. The predicted octanol–water partition coefficient (Wildman–Crippen LogP) is 12.5. The first kappa shape index (κ1) is 38.2. The summed E-state index contributed by atoms with van der Waals surface area (Å²) < 4.78 is 2.14. The third-order valence-electron chi connectivity index (χ3n) is 10.5. The number of benzene rings is 5. The molecule has 0 radical (unpaired) electrons. The van der Waals surface area contributed by atoms with Crippen molar-refractivity contribution >= 4 is 21.9 Å². The van der Waals surface area contributed by atoms with Gasteiger partial charge >= 0.3 is 0 Å². The average Bonchev–Trinajstić information content (AvgIpc) is 3.43. The first-order valence-electron chi connectivity index (χ1n) is 18.3. The molecule has 1 N–H and O–H groups in total. The van der Waals surface area contributed by atoms with Gasteiger partial charge in [0.15, 0.2) is 0 Å². The molecular formula is C48H50N3OPt-. The minimum atomic E-state index is -0.128. The Hall–Kier alpha value is -4.53. The van der Waals surface area contributed by atoms with Gasteiger partial charge in [-0.25, -0.2) is 4.98 Å². The van der Waals surface area contributed by atoms with E-state index in [2.05, 4.69) is 160 Å². The first-order valence-corrected chi connectivity index (χ1v) is 18.3. The average molecular weight is 880 g/mol. The molecule has 0 bridgehead atoms. The van der Waals surface area contributed by atoms with Crippen LogP contribution in [-0.2, 0) is 44.4 Å². The molecule has 0 fully saturated rings. The molecule has 7 rings (SSSR count). The largest absolute Gasteiger partial charge is 0.507 e. The van der Waals surface area contributed by atoms with E-state index in [9.17, 15) is 5.11 Å². The molecule has 0 atom stereocenters. The second-order valence-corrected chi connectivity index (χ2v) is 17.4. The summed E-state index contributed by atoms with van der Waals surface area (Å²) in [6, 6.07) is 36.0. The first-order chi connectivity index (χ1) is 24.4. The van der Waals surface area contributed by atoms with Crippen molar-refractivity contribution in [3.05, 3.63) is 126 Å². The van der Waals surface area contributed by atoms with Gasteiger partial charge in [-0.15, -0.1) is 34.9 Å². The minimum absolute atomic E-state index is 0. The van der Waals surface area contributed by atoms with Crippen LogP contribution in [0.15, 0.2) is 97.2 Å². The van der Waals surface area contributed by atoms with Gasteiger partial charge in [0.25, 0.3) is 0 Å². The van der Waals surface area contributed by atoms with E-state index in [1.807, 2.05) is 18.3 Å². The zero-order valence-electron chi connectivity index (χ0n) is 32.8. The Kier molecular flexibility index (Phi) is 9.88. The van der Waals surface area contributed by atoms with Gasteiger partial charge in [0.05, 0.1) is 16.6 Å². The zero-order valence-corrected chi connectivity index (χ0v) is 35.1. The maximum atomic E-state index is 11.3. The summed E-state index contributed by atoms with van der Waals surface area (Å²) in [5, 5.41) is 12.5. The molecular weight excluding hydrogens is 830 g/mol. The number of aryl methyl sites for hydroxylation is 2. The number of aromatic hydroxyl groups is 1. The number of fused-ring (bicyclic) bond motifs is 2. The molecule has 53 heavy (non-hydrogen) atoms. The Morgan fingerprint density at radius 1 is 0.604 bits per heavy atom. The second-order valence-electron chi connectivity index (χ2n) is 17.4. The van der Waals surface area contributed by atoms with Crippen molar-refractivity contribution in [1.82, 2.24) is 14.5 Å². The zero-order chi connectivity index (χ0) is 37.3. The molecule has 7 aromatic rings. The Balaban J connectivity index is 0.00000481. The molecule has 2 heterocycles. The fraction of sp³-hybridized carbons (Fsp3) is 0.292. The van der Waals surface area contributed by atoms with Gasteiger partial charge in [0, 0.05) is 45.4 Å². The van der Waals surface area contributed by atoms with E-state index in [0.29, 0.717) is 0 Å². The SMILES string of the molecule is Cc1ccnc2c(-c3[c-]c(-c4ccc(-c5ccccc5)c5c4nc(-c4cc(C(C)(C)C)ccc4O)n5C)cc(C(C)(C)C)c3)cc(C(C)(C)C)cc12.[Pt]. The van der Waals surface area contributed by atoms with Crippen molar-refractivity contribution in [1.29, 1.82) is 0 Å². The number of nitrogens with zero attached hydrogens (tertiary/aromatic N) is 3. The summed E-state index contributed by atoms with van der Waals surface area (Å²) in [6.45, 7) is 22.3. The molecule has 0 saturated heterocycles. The van der Waals surface area contributed by atoms with E-state index in [0.717, 1.165) is 66.9 Å². The van der Waals surface area contributed by atoms with Crippen molar-refractivity contribution in [3.8, 4) is 50.5 Å². The number of pyridine rings is 1. The summed E-state index contributed by atoms with van der Waals surface area (Å²) >= 11 is 0. The van der Waals surface area contributed by atoms with Crippen molar-refractivity contribution in [3.63, 3.8) is 0 Å². The smallest absolute Gasteiger partial charge is 0.143 e. The van der Waals surface area contributed by atoms with Gasteiger partial charge in [0.1, 0.15) is 11.6 Å². The van der Waals surface area contributed by atoms with Gasteiger partial charge in [-0.3, -0.25) is 4.98 Å². The molecule has 5 heteroatoms. The molecule has 2 aromatic heterocycles. The van der Waals surface area contributed by atoms with E-state index >= 15 is 0 Å². The number of phenolic OH excluding ortho intramolecular Hbond substituents is 1. The number of hydrogen-bond donors (Lipinski definition) is 1. The maximum Gasteiger partial charge on any atom is 0.143 e. The molecule has 0 spiro atoms. The Bertz CT molecular complexity index is 2490. The van der Waals surface area contributed by atoms with Gasteiger partial charge in [-0.2, -0.15) is 0 Å². The summed E-state index contributed by atoms with van der Waals surface area (Å²) in [7, 11) is 2.06. The molecule has 4 nitrogen and oxygen atoms in total. The van der Waals surface area contributed by atoms with E-state index in [4.69, 9.17) is 9.97 Å². The van der Waals surface area contributed by atoms with Crippen LogP contribution >= 0.6 is 0 Å². The van der Waals surface area contributed by atoms with Crippen LogP contribution in [0, 0.1) is 13.0 Å². The van der Waals surface area contributed by atoms with Crippen LogP contribution in [0.4, 0.5) is 0 Å². The number of hydrogen-bond acceptors (Lipinski definition) is 3. The molecule has 274 valence electrons. The fourth-order valence-electron chi connectivity index (χ4n) is 7.13. The minimum Gasteiger partial charge on any atom is -0.507 e. The van der Waals surface area contributed by atoms with Gasteiger partial charge in [0.2, 0.25) is 0 Å². The van der Waals surface area contributed by atoms with E-state index in [1.165, 1.54) is 22.1 Å². The third-order valence-corrected chi connectivity index (χ3v) is 10.5. The quantitative estimate of drug-likeness (QED) is 0.179. The normalized spacial score (nSPS) is 12.4. The topological polar surface area (TPSA) is 50.9 Å². The molecule has 0 aliphatic heterocycles. The number of phenols is 1. The Labute approximate surface area is 329 Å². The molecule has 0 saturated carbocycles. The fourth-order valence-corrected chi connectivity index (χ4v) is 7.13. The van der Waals surface area contributed by atoms with Crippen LogP contribution in [0.3, 0.4) is 0 Å². The van der Waals surface area contributed by atoms with Crippen LogP contribution < -0.4 is 0 Å². The number of imidazole rings is 1. The van der Waals surface area contributed by atoms with Crippen molar-refractivity contribution in [2.75, 3.05) is 0 Å².